The van der Waals surface area contributed by atoms with E-state index in [4.69, 9.17) is 9.47 Å². The zero-order valence-corrected chi connectivity index (χ0v) is 16.8. The van der Waals surface area contributed by atoms with E-state index in [1.165, 1.54) is 6.92 Å². The predicted molar refractivity (Wildman–Crippen MR) is 111 cm³/mol. The normalized spacial score (nSPS) is 14.0. The SMILES string of the molecule is CC/C=C/C=CC=CC=CC=CC=CCCC(=O)OC(C)OC(=O)C(C)C. The Morgan fingerprint density at radius 3 is 1.70 bits per heavy atom. The Morgan fingerprint density at radius 1 is 0.741 bits per heavy atom. The first-order valence-corrected chi connectivity index (χ1v) is 9.35. The van der Waals surface area contributed by atoms with Gasteiger partial charge in [-0.15, -0.1) is 0 Å². The van der Waals surface area contributed by atoms with Gasteiger partial charge < -0.3 is 9.47 Å². The first-order valence-electron chi connectivity index (χ1n) is 9.35. The quantitative estimate of drug-likeness (QED) is 0.254. The predicted octanol–water partition coefficient (Wildman–Crippen LogP) is 5.60. The smallest absolute Gasteiger partial charge is 0.311 e. The van der Waals surface area contributed by atoms with E-state index in [2.05, 4.69) is 13.0 Å². The molecule has 4 heteroatoms. The second-order valence-corrected chi connectivity index (χ2v) is 5.99. The second kappa shape index (κ2) is 16.8. The number of carbonyl (C=O) groups excluding carboxylic acids is 2. The Bertz CT molecular complexity index is 589. The maximum absolute atomic E-state index is 11.6. The van der Waals surface area contributed by atoms with Gasteiger partial charge in [0.15, 0.2) is 0 Å². The van der Waals surface area contributed by atoms with Gasteiger partial charge in [-0.3, -0.25) is 9.59 Å². The monoisotopic (exact) mass is 372 g/mol. The van der Waals surface area contributed by atoms with E-state index in [-0.39, 0.29) is 24.3 Å². The summed E-state index contributed by atoms with van der Waals surface area (Å²) in [5, 5.41) is 0. The molecule has 0 aliphatic rings. The van der Waals surface area contributed by atoms with E-state index >= 15 is 0 Å². The number of hydrogen-bond acceptors (Lipinski definition) is 4. The maximum Gasteiger partial charge on any atom is 0.311 e. The molecule has 1 atom stereocenters. The lowest BCUT2D eigenvalue weighted by atomic mass is 10.2. The molecule has 0 aliphatic carbocycles. The average molecular weight is 373 g/mol. The zero-order chi connectivity index (χ0) is 20.3. The van der Waals surface area contributed by atoms with Gasteiger partial charge in [0.2, 0.25) is 6.29 Å². The molecular weight excluding hydrogens is 340 g/mol. The largest absolute Gasteiger partial charge is 0.425 e. The molecule has 1 unspecified atom stereocenters. The maximum atomic E-state index is 11.6. The van der Waals surface area contributed by atoms with E-state index < -0.39 is 6.29 Å². The van der Waals surface area contributed by atoms with Crippen molar-refractivity contribution in [1.29, 1.82) is 0 Å². The molecule has 148 valence electrons. The van der Waals surface area contributed by atoms with Crippen LogP contribution in [0.1, 0.15) is 47.0 Å². The Labute approximate surface area is 163 Å². The van der Waals surface area contributed by atoms with Gasteiger partial charge in [-0.2, -0.15) is 0 Å². The van der Waals surface area contributed by atoms with Crippen molar-refractivity contribution in [1.82, 2.24) is 0 Å². The third-order valence-electron chi connectivity index (χ3n) is 3.07. The van der Waals surface area contributed by atoms with Crippen LogP contribution in [0.2, 0.25) is 0 Å². The summed E-state index contributed by atoms with van der Waals surface area (Å²) >= 11 is 0. The Balaban J connectivity index is 3.91. The van der Waals surface area contributed by atoms with Crippen LogP contribution in [0.5, 0.6) is 0 Å². The summed E-state index contributed by atoms with van der Waals surface area (Å²) in [5.74, 6) is -1.02. The molecule has 0 aliphatic heterocycles. The van der Waals surface area contributed by atoms with Gasteiger partial charge in [0.1, 0.15) is 0 Å². The molecule has 0 aromatic carbocycles. The summed E-state index contributed by atoms with van der Waals surface area (Å²) in [4.78, 5) is 23.0. The molecule has 0 aromatic heterocycles. The van der Waals surface area contributed by atoms with E-state index in [0.29, 0.717) is 6.42 Å². The first-order chi connectivity index (χ1) is 13.0. The molecule has 0 fully saturated rings. The highest BCUT2D eigenvalue weighted by molar-refractivity contribution is 5.72. The molecule has 27 heavy (non-hydrogen) atoms. The molecule has 0 bridgehead atoms. The minimum atomic E-state index is -0.855. The summed E-state index contributed by atoms with van der Waals surface area (Å²) in [6.45, 7) is 7.09. The van der Waals surface area contributed by atoms with Gasteiger partial charge in [0, 0.05) is 13.3 Å². The van der Waals surface area contributed by atoms with E-state index in [9.17, 15) is 9.59 Å². The van der Waals surface area contributed by atoms with Crippen LogP contribution >= 0.6 is 0 Å². The van der Waals surface area contributed by atoms with Crippen molar-refractivity contribution in [2.45, 2.75) is 53.2 Å². The topological polar surface area (TPSA) is 52.6 Å². The fourth-order valence-corrected chi connectivity index (χ4v) is 1.67. The summed E-state index contributed by atoms with van der Waals surface area (Å²) in [6.07, 6.45) is 24.4. The minimum Gasteiger partial charge on any atom is -0.425 e. The lowest BCUT2D eigenvalue weighted by Crippen LogP contribution is -2.24. The molecule has 0 amide bonds. The van der Waals surface area contributed by atoms with E-state index in [1.807, 2.05) is 66.8 Å². The fourth-order valence-electron chi connectivity index (χ4n) is 1.67. The van der Waals surface area contributed by atoms with E-state index in [0.717, 1.165) is 6.42 Å². The summed E-state index contributed by atoms with van der Waals surface area (Å²) in [7, 11) is 0. The average Bonchev–Trinajstić information content (AvgIpc) is 2.61. The highest BCUT2D eigenvalue weighted by atomic mass is 16.7. The summed E-state index contributed by atoms with van der Waals surface area (Å²) < 4.78 is 10.00. The van der Waals surface area contributed by atoms with Crippen molar-refractivity contribution in [3.63, 3.8) is 0 Å². The van der Waals surface area contributed by atoms with E-state index in [1.54, 1.807) is 13.8 Å². The Kier molecular flexibility index (Phi) is 15.2. The number of allylic oxidation sites excluding steroid dienone is 12. The molecular formula is C23H32O4. The summed E-state index contributed by atoms with van der Waals surface area (Å²) in [6, 6.07) is 0. The zero-order valence-electron chi connectivity index (χ0n) is 16.8. The number of rotatable bonds is 12. The van der Waals surface area contributed by atoms with Crippen LogP contribution < -0.4 is 0 Å². The lowest BCUT2D eigenvalue weighted by Gasteiger charge is -2.15. The van der Waals surface area contributed by atoms with Crippen molar-refractivity contribution >= 4 is 11.9 Å². The number of hydrogen-bond donors (Lipinski definition) is 0. The molecule has 0 rings (SSSR count). The molecule has 0 heterocycles. The van der Waals surface area contributed by atoms with Crippen LogP contribution in [-0.4, -0.2) is 18.2 Å². The molecule has 0 saturated heterocycles. The van der Waals surface area contributed by atoms with Crippen LogP contribution in [0.25, 0.3) is 0 Å². The van der Waals surface area contributed by atoms with Crippen LogP contribution in [0, 0.1) is 5.92 Å². The Hall–Kier alpha value is -2.62. The second-order valence-electron chi connectivity index (χ2n) is 5.99. The van der Waals surface area contributed by atoms with Crippen LogP contribution in [-0.2, 0) is 19.1 Å². The van der Waals surface area contributed by atoms with Gasteiger partial charge in [-0.05, 0) is 12.8 Å². The van der Waals surface area contributed by atoms with Crippen molar-refractivity contribution in [2.24, 2.45) is 5.92 Å². The molecule has 0 radical (unpaired) electrons. The molecule has 0 spiro atoms. The number of esters is 2. The first kappa shape index (κ1) is 24.4. The van der Waals surface area contributed by atoms with Gasteiger partial charge in [0.05, 0.1) is 5.92 Å². The van der Waals surface area contributed by atoms with Crippen molar-refractivity contribution in [3.8, 4) is 0 Å². The van der Waals surface area contributed by atoms with Crippen molar-refractivity contribution in [3.05, 3.63) is 72.9 Å². The molecule has 4 nitrogen and oxygen atoms in total. The lowest BCUT2D eigenvalue weighted by molar-refractivity contribution is -0.186. The standard InChI is InChI=1S/C23H32O4/c1-5-6-7-8-9-10-11-12-13-14-15-16-17-18-19-22(24)26-21(4)27-23(25)20(2)3/h6-17,20-21H,5,18-19H2,1-4H3/b7-6+,9-8?,11-10?,13-12?,15-14?,17-16?. The van der Waals surface area contributed by atoms with Gasteiger partial charge in [0.25, 0.3) is 0 Å². The minimum absolute atomic E-state index is 0.241. The van der Waals surface area contributed by atoms with Crippen molar-refractivity contribution < 1.29 is 19.1 Å². The highest BCUT2D eigenvalue weighted by Gasteiger charge is 2.15. The van der Waals surface area contributed by atoms with Crippen LogP contribution in [0.3, 0.4) is 0 Å². The van der Waals surface area contributed by atoms with Crippen LogP contribution in [0.4, 0.5) is 0 Å². The van der Waals surface area contributed by atoms with Gasteiger partial charge >= 0.3 is 11.9 Å². The number of ether oxygens (including phenoxy) is 2. The van der Waals surface area contributed by atoms with Crippen LogP contribution in [0.15, 0.2) is 72.9 Å². The number of carbonyl (C=O) groups is 2. The molecule has 0 saturated carbocycles. The Morgan fingerprint density at radius 2 is 1.22 bits per heavy atom. The van der Waals surface area contributed by atoms with Crippen molar-refractivity contribution in [2.75, 3.05) is 0 Å². The van der Waals surface area contributed by atoms with Gasteiger partial charge in [-0.1, -0.05) is 93.7 Å². The molecule has 0 aromatic rings. The summed E-state index contributed by atoms with van der Waals surface area (Å²) in [5.41, 5.74) is 0. The third-order valence-corrected chi connectivity index (χ3v) is 3.07. The third kappa shape index (κ3) is 16.6. The highest BCUT2D eigenvalue weighted by Crippen LogP contribution is 2.04. The van der Waals surface area contributed by atoms with Gasteiger partial charge in [-0.25, -0.2) is 0 Å². The molecule has 0 N–H and O–H groups in total. The fraction of sp³-hybridized carbons (Fsp3) is 0.391.